The van der Waals surface area contributed by atoms with E-state index in [0.717, 1.165) is 42.7 Å². The molecule has 3 rings (SSSR count). The molecule has 0 aliphatic carbocycles. The van der Waals surface area contributed by atoms with E-state index in [-0.39, 0.29) is 17.0 Å². The zero-order valence-electron chi connectivity index (χ0n) is 14.0. The predicted octanol–water partition coefficient (Wildman–Crippen LogP) is 2.84. The summed E-state index contributed by atoms with van der Waals surface area (Å²) in [7, 11) is 0. The van der Waals surface area contributed by atoms with Gasteiger partial charge in [0.15, 0.2) is 0 Å². The van der Waals surface area contributed by atoms with Crippen LogP contribution in [0.25, 0.3) is 0 Å². The van der Waals surface area contributed by atoms with Gasteiger partial charge in [0.2, 0.25) is 0 Å². The summed E-state index contributed by atoms with van der Waals surface area (Å²) >= 11 is 0. The fourth-order valence-electron chi connectivity index (χ4n) is 2.46. The molecule has 3 aromatic rings. The normalized spacial score (nSPS) is 12.4. The average molecular weight is 392 g/mol. The van der Waals surface area contributed by atoms with Crippen LogP contribution in [0.3, 0.4) is 0 Å². The second-order valence-corrected chi connectivity index (χ2v) is 5.69. The van der Waals surface area contributed by atoms with E-state index in [1.54, 1.807) is 0 Å². The number of pyridine rings is 1. The lowest BCUT2D eigenvalue weighted by Gasteiger charge is -2.19. The summed E-state index contributed by atoms with van der Waals surface area (Å²) in [5.41, 5.74) is -1.56. The van der Waals surface area contributed by atoms with Crippen LogP contribution >= 0.6 is 0 Å². The number of H-pyrrole nitrogens is 1. The first-order chi connectivity index (χ1) is 13.3. The average Bonchev–Trinajstić information content (AvgIpc) is 2.66. The zero-order chi connectivity index (χ0) is 20.3. The highest BCUT2D eigenvalue weighted by Crippen LogP contribution is 2.31. The smallest absolute Gasteiger partial charge is 0.338 e. The van der Waals surface area contributed by atoms with Crippen LogP contribution in [0.4, 0.5) is 17.6 Å². The molecule has 0 unspecified atom stereocenters. The van der Waals surface area contributed by atoms with E-state index in [9.17, 15) is 27.2 Å². The van der Waals surface area contributed by atoms with Crippen molar-refractivity contribution in [2.24, 2.45) is 0 Å². The van der Waals surface area contributed by atoms with Gasteiger partial charge < -0.3 is 10.3 Å². The van der Waals surface area contributed by atoms with Crippen LogP contribution in [0.5, 0.6) is 0 Å². The fraction of sp³-hybridized carbons (Fsp3) is 0.111. The Labute approximate surface area is 155 Å². The molecule has 2 heterocycles. The Kier molecular flexibility index (Phi) is 5.21. The van der Waals surface area contributed by atoms with Crippen molar-refractivity contribution < 1.29 is 22.4 Å². The van der Waals surface area contributed by atoms with Crippen molar-refractivity contribution in [3.8, 4) is 0 Å². The van der Waals surface area contributed by atoms with E-state index < -0.39 is 35.1 Å². The third kappa shape index (κ3) is 4.22. The van der Waals surface area contributed by atoms with Crippen molar-refractivity contribution in [2.45, 2.75) is 12.2 Å². The van der Waals surface area contributed by atoms with E-state index >= 15 is 0 Å². The number of hydrogen-bond acceptors (Lipinski definition) is 4. The number of nitrogens with one attached hydrogen (secondary N) is 2. The van der Waals surface area contributed by atoms with E-state index in [2.05, 4.69) is 20.3 Å². The summed E-state index contributed by atoms with van der Waals surface area (Å²) < 4.78 is 52.6. The van der Waals surface area contributed by atoms with Crippen molar-refractivity contribution >= 4 is 5.91 Å². The summed E-state index contributed by atoms with van der Waals surface area (Å²) in [6.07, 6.45) is -1.28. The molecule has 0 spiro atoms. The number of aromatic amines is 1. The van der Waals surface area contributed by atoms with E-state index in [1.165, 1.54) is 12.3 Å². The van der Waals surface area contributed by atoms with Crippen LogP contribution in [-0.2, 0) is 6.18 Å². The van der Waals surface area contributed by atoms with Gasteiger partial charge in [-0.15, -0.1) is 0 Å². The van der Waals surface area contributed by atoms with Gasteiger partial charge in [-0.1, -0.05) is 12.1 Å². The molecule has 28 heavy (non-hydrogen) atoms. The molecule has 2 aromatic heterocycles. The third-order valence-corrected chi connectivity index (χ3v) is 3.81. The van der Waals surface area contributed by atoms with Crippen molar-refractivity contribution in [3.63, 3.8) is 0 Å². The molecule has 144 valence electrons. The second kappa shape index (κ2) is 7.59. The highest BCUT2D eigenvalue weighted by Gasteiger charge is 2.31. The van der Waals surface area contributed by atoms with Gasteiger partial charge in [-0.2, -0.15) is 13.2 Å². The van der Waals surface area contributed by atoms with Gasteiger partial charge in [0.1, 0.15) is 17.2 Å². The molecule has 0 saturated carbocycles. The van der Waals surface area contributed by atoms with Gasteiger partial charge in [0.25, 0.3) is 11.5 Å². The first-order valence-electron chi connectivity index (χ1n) is 7.89. The molecule has 0 saturated heterocycles. The Morgan fingerprint density at radius 2 is 1.82 bits per heavy atom. The molecule has 0 bridgehead atoms. The topological polar surface area (TPSA) is 87.7 Å². The van der Waals surface area contributed by atoms with E-state index in [0.29, 0.717) is 0 Å². The summed E-state index contributed by atoms with van der Waals surface area (Å²) in [4.78, 5) is 33.3. The van der Waals surface area contributed by atoms with Gasteiger partial charge in [-0.05, 0) is 29.8 Å². The summed E-state index contributed by atoms with van der Waals surface area (Å²) in [6, 6.07) is 5.19. The molecule has 6 nitrogen and oxygen atoms in total. The minimum absolute atomic E-state index is 0.159. The molecular formula is C18H12F4N4O2. The lowest BCUT2D eigenvalue weighted by molar-refractivity contribution is -0.137. The molecule has 1 aromatic carbocycles. The van der Waals surface area contributed by atoms with Gasteiger partial charge in [0, 0.05) is 12.4 Å². The summed E-state index contributed by atoms with van der Waals surface area (Å²) in [5, 5.41) is 2.48. The molecule has 0 aliphatic rings. The monoisotopic (exact) mass is 392 g/mol. The zero-order valence-corrected chi connectivity index (χ0v) is 14.0. The summed E-state index contributed by atoms with van der Waals surface area (Å²) in [5.74, 6) is -1.52. The molecule has 0 fully saturated rings. The number of nitrogens with zero attached hydrogens (tertiary/aromatic N) is 2. The quantitative estimate of drug-likeness (QED) is 0.669. The first-order valence-corrected chi connectivity index (χ1v) is 7.89. The Balaban J connectivity index is 1.98. The Hall–Kier alpha value is -3.56. The molecule has 2 N–H and O–H groups in total. The maximum atomic E-state index is 14.2. The number of carbonyl (C=O) groups is 1. The van der Waals surface area contributed by atoms with Gasteiger partial charge in [-0.3, -0.25) is 14.6 Å². The molecule has 1 amide bonds. The Bertz CT molecular complexity index is 1030. The Morgan fingerprint density at radius 1 is 1.11 bits per heavy atom. The van der Waals surface area contributed by atoms with Crippen molar-refractivity contribution in [2.75, 3.05) is 0 Å². The molecule has 0 aliphatic heterocycles. The fourth-order valence-corrected chi connectivity index (χ4v) is 2.46. The standard InChI is InChI=1S/C18H12F4N4O2/c19-12-2-1-7-23-16(12)15(10-3-5-11(6-4-10)18(20,21)22)26-17(28)13-8-25-14(27)9-24-13/h1-9,15H,(H,25,27)(H,26,28)/t15-/m0/s1. The lowest BCUT2D eigenvalue weighted by atomic mass is 10.0. The van der Waals surface area contributed by atoms with Gasteiger partial charge >= 0.3 is 6.18 Å². The van der Waals surface area contributed by atoms with Crippen molar-refractivity contribution in [3.05, 3.63) is 93.7 Å². The maximum absolute atomic E-state index is 14.2. The van der Waals surface area contributed by atoms with Crippen molar-refractivity contribution in [1.29, 1.82) is 0 Å². The number of amides is 1. The van der Waals surface area contributed by atoms with Crippen molar-refractivity contribution in [1.82, 2.24) is 20.3 Å². The van der Waals surface area contributed by atoms with Crippen LogP contribution < -0.4 is 10.9 Å². The molecule has 0 radical (unpaired) electrons. The highest BCUT2D eigenvalue weighted by atomic mass is 19.4. The van der Waals surface area contributed by atoms with E-state index in [1.807, 2.05) is 0 Å². The van der Waals surface area contributed by atoms with E-state index in [4.69, 9.17) is 0 Å². The SMILES string of the molecule is O=C(N[C@@H](c1ccc(C(F)(F)F)cc1)c1ncccc1F)c1c[nH]c(=O)cn1. The number of rotatable bonds is 4. The number of alkyl halides is 3. The number of carbonyl (C=O) groups excluding carboxylic acids is 1. The van der Waals surface area contributed by atoms with Crippen LogP contribution in [0, 0.1) is 5.82 Å². The Morgan fingerprint density at radius 3 is 2.39 bits per heavy atom. The minimum Gasteiger partial charge on any atom is -0.338 e. The van der Waals surface area contributed by atoms with Crippen LogP contribution in [0.15, 0.2) is 59.8 Å². The molecular weight excluding hydrogens is 380 g/mol. The van der Waals surface area contributed by atoms with Gasteiger partial charge in [0.05, 0.1) is 17.8 Å². The van der Waals surface area contributed by atoms with Crippen LogP contribution in [0.1, 0.15) is 33.4 Å². The number of halogens is 4. The minimum atomic E-state index is -4.53. The highest BCUT2D eigenvalue weighted by molar-refractivity contribution is 5.92. The third-order valence-electron chi connectivity index (χ3n) is 3.81. The second-order valence-electron chi connectivity index (χ2n) is 5.69. The number of benzene rings is 1. The van der Waals surface area contributed by atoms with Gasteiger partial charge in [-0.25, -0.2) is 9.37 Å². The number of hydrogen-bond donors (Lipinski definition) is 2. The van der Waals surface area contributed by atoms with Crippen LogP contribution in [0.2, 0.25) is 0 Å². The molecule has 10 heteroatoms. The maximum Gasteiger partial charge on any atom is 0.416 e. The number of aromatic nitrogens is 3. The predicted molar refractivity (Wildman–Crippen MR) is 89.8 cm³/mol. The summed E-state index contributed by atoms with van der Waals surface area (Å²) in [6.45, 7) is 0. The molecule has 1 atom stereocenters. The largest absolute Gasteiger partial charge is 0.416 e. The van der Waals surface area contributed by atoms with Crippen LogP contribution in [-0.4, -0.2) is 20.9 Å². The first kappa shape index (κ1) is 19.2. The lowest BCUT2D eigenvalue weighted by Crippen LogP contribution is -2.31.